The fraction of sp³-hybridized carbons (Fsp3) is 0.412. The maximum Gasteiger partial charge on any atom is 0.0214 e. The van der Waals surface area contributed by atoms with E-state index in [1.165, 1.54) is 22.8 Å². The smallest absolute Gasteiger partial charge is 0.0214 e. The van der Waals surface area contributed by atoms with Crippen molar-refractivity contribution < 1.29 is 0 Å². The maximum absolute atomic E-state index is 3.68. The quantitative estimate of drug-likeness (QED) is 0.879. The van der Waals surface area contributed by atoms with Crippen molar-refractivity contribution in [1.82, 2.24) is 10.6 Å². The molecule has 0 aromatic heterocycles. The molecule has 100 valence electrons. The van der Waals surface area contributed by atoms with Gasteiger partial charge in [0.05, 0.1) is 0 Å². The first kappa shape index (κ1) is 12.6. The van der Waals surface area contributed by atoms with E-state index in [1.54, 1.807) is 0 Å². The zero-order valence-corrected chi connectivity index (χ0v) is 11.7. The number of hydrogen-bond acceptors (Lipinski definition) is 2. The molecule has 0 bridgehead atoms. The largest absolute Gasteiger partial charge is 0.310 e. The average molecular weight is 254 g/mol. The summed E-state index contributed by atoms with van der Waals surface area (Å²) in [4.78, 5) is 0. The zero-order valence-electron chi connectivity index (χ0n) is 11.7. The molecule has 0 aliphatic carbocycles. The second-order valence-corrected chi connectivity index (χ2v) is 6.19. The summed E-state index contributed by atoms with van der Waals surface area (Å²) in [6.45, 7) is 6.56. The number of nitrogens with one attached hydrogen (secondary N) is 2. The van der Waals surface area contributed by atoms with Crippen LogP contribution in [-0.2, 0) is 6.54 Å². The molecular formula is C17H22N2. The van der Waals surface area contributed by atoms with Crippen molar-refractivity contribution in [2.24, 2.45) is 0 Å². The van der Waals surface area contributed by atoms with Crippen molar-refractivity contribution in [1.29, 1.82) is 0 Å². The van der Waals surface area contributed by atoms with Crippen LogP contribution in [0.4, 0.5) is 0 Å². The van der Waals surface area contributed by atoms with Gasteiger partial charge in [-0.15, -0.1) is 0 Å². The summed E-state index contributed by atoms with van der Waals surface area (Å²) in [6, 6.07) is 15.7. The Balaban J connectivity index is 1.72. The Kier molecular flexibility index (Phi) is 3.29. The number of rotatable bonds is 3. The Morgan fingerprint density at radius 3 is 2.74 bits per heavy atom. The minimum Gasteiger partial charge on any atom is -0.310 e. The lowest BCUT2D eigenvalue weighted by atomic mass is 10.0. The molecule has 2 aromatic rings. The van der Waals surface area contributed by atoms with Crippen LogP contribution in [0.2, 0.25) is 0 Å². The molecule has 3 rings (SSSR count). The predicted molar refractivity (Wildman–Crippen MR) is 81.3 cm³/mol. The third-order valence-electron chi connectivity index (χ3n) is 4.04. The van der Waals surface area contributed by atoms with Crippen molar-refractivity contribution in [2.45, 2.75) is 38.4 Å². The van der Waals surface area contributed by atoms with Gasteiger partial charge in [-0.3, -0.25) is 0 Å². The number of fused-ring (bicyclic) bond motifs is 1. The van der Waals surface area contributed by atoms with Crippen molar-refractivity contribution in [3.8, 4) is 0 Å². The van der Waals surface area contributed by atoms with Gasteiger partial charge in [0.2, 0.25) is 0 Å². The molecule has 1 unspecified atom stereocenters. The average Bonchev–Trinajstić information content (AvgIpc) is 2.76. The molecule has 1 aliphatic rings. The van der Waals surface area contributed by atoms with E-state index in [-0.39, 0.29) is 5.54 Å². The second kappa shape index (κ2) is 4.95. The fourth-order valence-corrected chi connectivity index (χ4v) is 3.01. The molecular weight excluding hydrogens is 232 g/mol. The molecule has 19 heavy (non-hydrogen) atoms. The minimum atomic E-state index is 0.274. The van der Waals surface area contributed by atoms with E-state index in [0.717, 1.165) is 13.1 Å². The Hall–Kier alpha value is -1.38. The molecule has 0 spiro atoms. The van der Waals surface area contributed by atoms with E-state index in [2.05, 4.69) is 66.9 Å². The summed E-state index contributed by atoms with van der Waals surface area (Å²) in [5.41, 5.74) is 1.67. The second-order valence-electron chi connectivity index (χ2n) is 6.19. The molecule has 2 nitrogen and oxygen atoms in total. The lowest BCUT2D eigenvalue weighted by Gasteiger charge is -2.18. The van der Waals surface area contributed by atoms with Crippen molar-refractivity contribution in [3.63, 3.8) is 0 Å². The molecule has 2 heteroatoms. The van der Waals surface area contributed by atoms with Gasteiger partial charge < -0.3 is 10.6 Å². The molecule has 2 aromatic carbocycles. The molecule has 0 radical (unpaired) electrons. The highest BCUT2D eigenvalue weighted by Crippen LogP contribution is 2.21. The van der Waals surface area contributed by atoms with Gasteiger partial charge in [0.25, 0.3) is 0 Å². The highest BCUT2D eigenvalue weighted by Gasteiger charge is 2.29. The Morgan fingerprint density at radius 1 is 1.16 bits per heavy atom. The predicted octanol–water partition coefficient (Wildman–Crippen LogP) is 3.07. The number of benzene rings is 2. The summed E-state index contributed by atoms with van der Waals surface area (Å²) in [5.74, 6) is 0. The highest BCUT2D eigenvalue weighted by molar-refractivity contribution is 5.85. The van der Waals surface area contributed by atoms with Crippen molar-refractivity contribution in [2.75, 3.05) is 6.54 Å². The van der Waals surface area contributed by atoms with Crippen LogP contribution in [0.25, 0.3) is 10.8 Å². The maximum atomic E-state index is 3.68. The van der Waals surface area contributed by atoms with Crippen LogP contribution in [0.5, 0.6) is 0 Å². The monoisotopic (exact) mass is 254 g/mol. The molecule has 1 fully saturated rings. The van der Waals surface area contributed by atoms with Gasteiger partial charge in [0, 0.05) is 24.7 Å². The molecule has 1 saturated heterocycles. The van der Waals surface area contributed by atoms with Crippen LogP contribution in [0.3, 0.4) is 0 Å². The Labute approximate surface area is 115 Å². The normalized spacial score (nSPS) is 21.9. The van der Waals surface area contributed by atoms with E-state index in [4.69, 9.17) is 0 Å². The van der Waals surface area contributed by atoms with Crippen molar-refractivity contribution >= 4 is 10.8 Å². The van der Waals surface area contributed by atoms with Crippen LogP contribution in [-0.4, -0.2) is 18.1 Å². The zero-order chi connectivity index (χ0) is 13.3. The van der Waals surface area contributed by atoms with Gasteiger partial charge in [-0.2, -0.15) is 0 Å². The fourth-order valence-electron chi connectivity index (χ4n) is 3.01. The summed E-state index contributed by atoms with van der Waals surface area (Å²) >= 11 is 0. The minimum absolute atomic E-state index is 0.274. The van der Waals surface area contributed by atoms with Crippen LogP contribution >= 0.6 is 0 Å². The molecule has 0 saturated carbocycles. The Bertz CT molecular complexity index is 569. The first-order valence-electron chi connectivity index (χ1n) is 7.09. The first-order valence-corrected chi connectivity index (χ1v) is 7.09. The SMILES string of the molecule is CC1(C)CC(NCc2cccc3ccccc23)CN1. The van der Waals surface area contributed by atoms with Gasteiger partial charge in [0.1, 0.15) is 0 Å². The highest BCUT2D eigenvalue weighted by atomic mass is 15.1. The molecule has 2 N–H and O–H groups in total. The third kappa shape index (κ3) is 2.80. The summed E-state index contributed by atoms with van der Waals surface area (Å²) in [5, 5.41) is 9.93. The molecule has 1 atom stereocenters. The van der Waals surface area contributed by atoms with E-state index in [1.807, 2.05) is 0 Å². The summed E-state index contributed by atoms with van der Waals surface area (Å²) in [7, 11) is 0. The van der Waals surface area contributed by atoms with Gasteiger partial charge in [-0.05, 0) is 36.6 Å². The van der Waals surface area contributed by atoms with Crippen LogP contribution in [0.1, 0.15) is 25.8 Å². The first-order chi connectivity index (χ1) is 9.14. The number of hydrogen-bond donors (Lipinski definition) is 2. The van der Waals surface area contributed by atoms with Gasteiger partial charge in [-0.1, -0.05) is 42.5 Å². The molecule has 1 aliphatic heterocycles. The standard InChI is InChI=1S/C17H22N2/c1-17(2)10-15(12-19-17)18-11-14-8-5-7-13-6-3-4-9-16(13)14/h3-9,15,18-19H,10-12H2,1-2H3. The van der Waals surface area contributed by atoms with Crippen LogP contribution < -0.4 is 10.6 Å². The van der Waals surface area contributed by atoms with Crippen molar-refractivity contribution in [3.05, 3.63) is 48.0 Å². The summed E-state index contributed by atoms with van der Waals surface area (Å²) in [6.07, 6.45) is 1.19. The lowest BCUT2D eigenvalue weighted by molar-refractivity contribution is 0.442. The van der Waals surface area contributed by atoms with Gasteiger partial charge >= 0.3 is 0 Å². The molecule has 1 heterocycles. The van der Waals surface area contributed by atoms with Crippen LogP contribution in [0.15, 0.2) is 42.5 Å². The van der Waals surface area contributed by atoms with E-state index >= 15 is 0 Å². The van der Waals surface area contributed by atoms with Crippen LogP contribution in [0, 0.1) is 0 Å². The van der Waals surface area contributed by atoms with Gasteiger partial charge in [0.15, 0.2) is 0 Å². The van der Waals surface area contributed by atoms with E-state index in [9.17, 15) is 0 Å². The lowest BCUT2D eigenvalue weighted by Crippen LogP contribution is -2.31. The van der Waals surface area contributed by atoms with Gasteiger partial charge in [-0.25, -0.2) is 0 Å². The summed E-state index contributed by atoms with van der Waals surface area (Å²) < 4.78 is 0. The Morgan fingerprint density at radius 2 is 1.95 bits per heavy atom. The topological polar surface area (TPSA) is 24.1 Å². The molecule has 0 amide bonds. The van der Waals surface area contributed by atoms with E-state index < -0.39 is 0 Å². The van der Waals surface area contributed by atoms with E-state index in [0.29, 0.717) is 6.04 Å². The third-order valence-corrected chi connectivity index (χ3v) is 4.04.